The summed E-state index contributed by atoms with van der Waals surface area (Å²) in [7, 11) is 3.31. The van der Waals surface area contributed by atoms with Gasteiger partial charge >= 0.3 is 0 Å². The lowest BCUT2D eigenvalue weighted by Gasteiger charge is -2.11. The van der Waals surface area contributed by atoms with Gasteiger partial charge in [0.25, 0.3) is 0 Å². The van der Waals surface area contributed by atoms with Gasteiger partial charge in [-0.05, 0) is 41.5 Å². The molecule has 128 valence electrons. The molecule has 0 unspecified atom stereocenters. The topological polar surface area (TPSA) is 43.4 Å². The maximum absolute atomic E-state index is 6.21. The summed E-state index contributed by atoms with van der Waals surface area (Å²) in [6.45, 7) is 0.642. The molecule has 0 saturated heterocycles. The zero-order valence-corrected chi connectivity index (χ0v) is 14.9. The van der Waals surface area contributed by atoms with Crippen LogP contribution in [0.2, 0.25) is 5.15 Å². The van der Waals surface area contributed by atoms with Gasteiger partial charge in [-0.3, -0.25) is 0 Å². The van der Waals surface area contributed by atoms with E-state index in [0.29, 0.717) is 17.5 Å². The molecular formula is C20H19ClN2O2. The number of anilines is 1. The van der Waals surface area contributed by atoms with Crippen molar-refractivity contribution < 1.29 is 9.47 Å². The van der Waals surface area contributed by atoms with Crippen LogP contribution in [0.3, 0.4) is 0 Å². The van der Waals surface area contributed by atoms with Crippen LogP contribution in [-0.2, 0) is 6.54 Å². The summed E-state index contributed by atoms with van der Waals surface area (Å²) in [6.07, 6.45) is 0. The van der Waals surface area contributed by atoms with Gasteiger partial charge in [0.1, 0.15) is 22.5 Å². The van der Waals surface area contributed by atoms with Crippen LogP contribution in [0, 0.1) is 0 Å². The van der Waals surface area contributed by atoms with Gasteiger partial charge in [0.15, 0.2) is 0 Å². The third-order valence-electron chi connectivity index (χ3n) is 3.84. The van der Waals surface area contributed by atoms with Gasteiger partial charge in [0.05, 0.1) is 14.2 Å². The molecule has 4 nitrogen and oxygen atoms in total. The Kier molecular flexibility index (Phi) is 5.41. The van der Waals surface area contributed by atoms with Crippen LogP contribution in [0.4, 0.5) is 5.82 Å². The number of hydrogen-bond donors (Lipinski definition) is 1. The van der Waals surface area contributed by atoms with Crippen LogP contribution in [0.15, 0.2) is 60.7 Å². The van der Waals surface area contributed by atoms with Gasteiger partial charge < -0.3 is 14.8 Å². The lowest BCUT2D eigenvalue weighted by atomic mass is 10.1. The van der Waals surface area contributed by atoms with Crippen molar-refractivity contribution in [2.24, 2.45) is 0 Å². The highest BCUT2D eigenvalue weighted by molar-refractivity contribution is 6.29. The summed E-state index contributed by atoms with van der Waals surface area (Å²) in [5.74, 6) is 2.35. The van der Waals surface area contributed by atoms with E-state index in [2.05, 4.69) is 10.3 Å². The quantitative estimate of drug-likeness (QED) is 0.630. The van der Waals surface area contributed by atoms with Crippen LogP contribution in [0.1, 0.15) is 5.56 Å². The predicted octanol–water partition coefficient (Wildman–Crippen LogP) is 5.03. The maximum atomic E-state index is 6.21. The minimum absolute atomic E-state index is 0.431. The summed E-state index contributed by atoms with van der Waals surface area (Å²) in [6, 6.07) is 19.5. The molecule has 0 aliphatic rings. The zero-order valence-electron chi connectivity index (χ0n) is 14.1. The number of hydrogen-bond acceptors (Lipinski definition) is 4. The molecule has 0 saturated carbocycles. The fourth-order valence-electron chi connectivity index (χ4n) is 2.56. The Hall–Kier alpha value is -2.72. The zero-order chi connectivity index (χ0) is 17.6. The highest BCUT2D eigenvalue weighted by Crippen LogP contribution is 2.32. The normalized spacial score (nSPS) is 10.4. The fourth-order valence-corrected chi connectivity index (χ4v) is 2.77. The Bertz CT molecular complexity index is 851. The number of pyridine rings is 1. The van der Waals surface area contributed by atoms with Crippen molar-refractivity contribution >= 4 is 17.4 Å². The van der Waals surface area contributed by atoms with Crippen molar-refractivity contribution in [2.45, 2.75) is 6.54 Å². The van der Waals surface area contributed by atoms with E-state index in [1.165, 1.54) is 0 Å². The summed E-state index contributed by atoms with van der Waals surface area (Å²) in [5.41, 5.74) is 3.05. The second kappa shape index (κ2) is 7.90. The van der Waals surface area contributed by atoms with Crippen LogP contribution < -0.4 is 14.8 Å². The Morgan fingerprint density at radius 1 is 0.960 bits per heavy atom. The number of aromatic nitrogens is 1. The van der Waals surface area contributed by atoms with Gasteiger partial charge in [-0.25, -0.2) is 4.98 Å². The van der Waals surface area contributed by atoms with Crippen LogP contribution >= 0.6 is 11.6 Å². The fraction of sp³-hybridized carbons (Fsp3) is 0.150. The van der Waals surface area contributed by atoms with Crippen molar-refractivity contribution in [3.8, 4) is 22.6 Å². The minimum atomic E-state index is 0.431. The van der Waals surface area contributed by atoms with Gasteiger partial charge in [-0.1, -0.05) is 41.9 Å². The average Bonchev–Trinajstić information content (AvgIpc) is 2.66. The van der Waals surface area contributed by atoms with Crippen molar-refractivity contribution in [3.05, 3.63) is 71.4 Å². The molecule has 0 aliphatic heterocycles. The van der Waals surface area contributed by atoms with E-state index >= 15 is 0 Å². The molecule has 3 aromatic rings. The molecule has 0 atom stereocenters. The number of ether oxygens (including phenoxy) is 2. The lowest BCUT2D eigenvalue weighted by Crippen LogP contribution is -2.02. The average molecular weight is 355 g/mol. The largest absolute Gasteiger partial charge is 0.497 e. The van der Waals surface area contributed by atoms with Gasteiger partial charge in [0, 0.05) is 12.1 Å². The summed E-state index contributed by atoms with van der Waals surface area (Å²) < 4.78 is 10.6. The first-order valence-electron chi connectivity index (χ1n) is 7.87. The minimum Gasteiger partial charge on any atom is -0.497 e. The van der Waals surface area contributed by atoms with E-state index < -0.39 is 0 Å². The van der Waals surface area contributed by atoms with Crippen LogP contribution in [0.5, 0.6) is 11.5 Å². The molecule has 1 aromatic heterocycles. The van der Waals surface area contributed by atoms with Crippen LogP contribution in [0.25, 0.3) is 11.1 Å². The Labute approximate surface area is 152 Å². The molecule has 1 heterocycles. The van der Waals surface area contributed by atoms with Crippen LogP contribution in [-0.4, -0.2) is 19.2 Å². The summed E-state index contributed by atoms with van der Waals surface area (Å²) in [5, 5.41) is 3.74. The van der Waals surface area contributed by atoms with Crippen molar-refractivity contribution in [1.29, 1.82) is 0 Å². The SMILES string of the molecule is COc1ccc(CNc2cc(-c3ccccc3OC)cc(Cl)n2)cc1. The Morgan fingerprint density at radius 3 is 2.44 bits per heavy atom. The number of methoxy groups -OCH3 is 2. The van der Waals surface area contributed by atoms with E-state index in [9.17, 15) is 0 Å². The highest BCUT2D eigenvalue weighted by atomic mass is 35.5. The molecule has 2 aromatic carbocycles. The van der Waals surface area contributed by atoms with E-state index in [1.807, 2.05) is 60.7 Å². The number of nitrogens with zero attached hydrogens (tertiary/aromatic N) is 1. The smallest absolute Gasteiger partial charge is 0.132 e. The first kappa shape index (κ1) is 17.1. The number of halogens is 1. The Balaban J connectivity index is 1.81. The maximum Gasteiger partial charge on any atom is 0.132 e. The molecule has 25 heavy (non-hydrogen) atoms. The molecule has 0 bridgehead atoms. The Morgan fingerprint density at radius 2 is 1.72 bits per heavy atom. The molecule has 1 N–H and O–H groups in total. The molecule has 5 heteroatoms. The van der Waals surface area contributed by atoms with E-state index in [4.69, 9.17) is 21.1 Å². The van der Waals surface area contributed by atoms with Gasteiger partial charge in [0.2, 0.25) is 0 Å². The monoisotopic (exact) mass is 354 g/mol. The second-order valence-electron chi connectivity index (χ2n) is 5.47. The third-order valence-corrected chi connectivity index (χ3v) is 4.04. The third kappa shape index (κ3) is 4.22. The van der Waals surface area contributed by atoms with Crippen molar-refractivity contribution in [3.63, 3.8) is 0 Å². The number of rotatable bonds is 6. The molecule has 3 rings (SSSR count). The molecule has 0 radical (unpaired) electrons. The summed E-state index contributed by atoms with van der Waals surface area (Å²) in [4.78, 5) is 4.35. The predicted molar refractivity (Wildman–Crippen MR) is 102 cm³/mol. The highest BCUT2D eigenvalue weighted by Gasteiger charge is 2.08. The number of para-hydroxylation sites is 1. The second-order valence-corrected chi connectivity index (χ2v) is 5.85. The van der Waals surface area contributed by atoms with E-state index in [1.54, 1.807) is 14.2 Å². The molecule has 0 spiro atoms. The molecular weight excluding hydrogens is 336 g/mol. The van der Waals surface area contributed by atoms with Gasteiger partial charge in [-0.15, -0.1) is 0 Å². The van der Waals surface area contributed by atoms with E-state index in [0.717, 1.165) is 28.2 Å². The number of benzene rings is 2. The number of nitrogens with one attached hydrogen (secondary N) is 1. The van der Waals surface area contributed by atoms with Crippen molar-refractivity contribution in [1.82, 2.24) is 4.98 Å². The lowest BCUT2D eigenvalue weighted by molar-refractivity contribution is 0.414. The standard InChI is InChI=1S/C20H19ClN2O2/c1-24-16-9-7-14(8-10-16)13-22-20-12-15(11-19(21)23-20)17-5-3-4-6-18(17)25-2/h3-12H,13H2,1-2H3,(H,22,23). The molecule has 0 fully saturated rings. The molecule has 0 aliphatic carbocycles. The molecule has 0 amide bonds. The first-order valence-corrected chi connectivity index (χ1v) is 8.25. The van der Waals surface area contributed by atoms with Crippen molar-refractivity contribution in [2.75, 3.05) is 19.5 Å². The summed E-state index contributed by atoms with van der Waals surface area (Å²) >= 11 is 6.21. The van der Waals surface area contributed by atoms with E-state index in [-0.39, 0.29) is 0 Å². The first-order chi connectivity index (χ1) is 12.2. The van der Waals surface area contributed by atoms with Gasteiger partial charge in [-0.2, -0.15) is 0 Å².